The van der Waals surface area contributed by atoms with E-state index < -0.39 is 0 Å². The first-order valence-electron chi connectivity index (χ1n) is 5.88. The van der Waals surface area contributed by atoms with Gasteiger partial charge in [-0.2, -0.15) is 0 Å². The Labute approximate surface area is 136 Å². The second-order valence-electron chi connectivity index (χ2n) is 4.16. The summed E-state index contributed by atoms with van der Waals surface area (Å²) >= 11 is 17.7. The van der Waals surface area contributed by atoms with Crippen LogP contribution in [0.1, 0.15) is 0 Å². The molecule has 3 N–H and O–H groups in total. The second-order valence-corrected chi connectivity index (χ2v) is 5.38. The SMILES string of the molecule is Nc1cccc(OCC(=O)Nc2cc(Cl)c(Cl)cc2Cl)c1. The summed E-state index contributed by atoms with van der Waals surface area (Å²) in [6, 6.07) is 9.72. The quantitative estimate of drug-likeness (QED) is 0.643. The van der Waals surface area contributed by atoms with Gasteiger partial charge in [-0.25, -0.2) is 0 Å². The fourth-order valence-electron chi connectivity index (χ4n) is 1.56. The highest BCUT2D eigenvalue weighted by molar-refractivity contribution is 6.44. The Morgan fingerprint density at radius 1 is 1.10 bits per heavy atom. The van der Waals surface area contributed by atoms with Gasteiger partial charge in [0.05, 0.1) is 20.8 Å². The van der Waals surface area contributed by atoms with Gasteiger partial charge in [0, 0.05) is 11.8 Å². The fraction of sp³-hybridized carbons (Fsp3) is 0.0714. The van der Waals surface area contributed by atoms with Gasteiger partial charge in [0.15, 0.2) is 6.61 Å². The van der Waals surface area contributed by atoms with Gasteiger partial charge >= 0.3 is 0 Å². The molecule has 0 bridgehead atoms. The zero-order valence-electron chi connectivity index (χ0n) is 10.7. The molecule has 7 heteroatoms. The molecule has 21 heavy (non-hydrogen) atoms. The maximum absolute atomic E-state index is 11.8. The van der Waals surface area contributed by atoms with Crippen molar-refractivity contribution in [2.24, 2.45) is 0 Å². The molecule has 0 fully saturated rings. The highest BCUT2D eigenvalue weighted by Crippen LogP contribution is 2.32. The molecule has 2 aromatic rings. The molecule has 0 heterocycles. The van der Waals surface area contributed by atoms with E-state index in [1.165, 1.54) is 12.1 Å². The van der Waals surface area contributed by atoms with Gasteiger partial charge in [-0.05, 0) is 24.3 Å². The molecule has 0 spiro atoms. The van der Waals surface area contributed by atoms with Crippen LogP contribution in [-0.2, 0) is 4.79 Å². The van der Waals surface area contributed by atoms with Crippen LogP contribution in [0.2, 0.25) is 15.1 Å². The van der Waals surface area contributed by atoms with E-state index >= 15 is 0 Å². The Morgan fingerprint density at radius 3 is 2.52 bits per heavy atom. The van der Waals surface area contributed by atoms with Crippen molar-refractivity contribution in [2.45, 2.75) is 0 Å². The third-order valence-electron chi connectivity index (χ3n) is 2.51. The second kappa shape index (κ2) is 6.89. The Balaban J connectivity index is 1.97. The number of carbonyl (C=O) groups excluding carboxylic acids is 1. The molecule has 110 valence electrons. The lowest BCUT2D eigenvalue weighted by Gasteiger charge is -2.10. The summed E-state index contributed by atoms with van der Waals surface area (Å²) in [5, 5.41) is 3.50. The monoisotopic (exact) mass is 344 g/mol. The molecule has 1 amide bonds. The molecule has 0 aromatic heterocycles. The summed E-state index contributed by atoms with van der Waals surface area (Å²) in [6.07, 6.45) is 0. The van der Waals surface area contributed by atoms with Crippen molar-refractivity contribution in [2.75, 3.05) is 17.7 Å². The number of nitrogens with two attached hydrogens (primary N) is 1. The van der Waals surface area contributed by atoms with Crippen LogP contribution in [0.5, 0.6) is 5.75 Å². The number of amides is 1. The predicted octanol–water partition coefficient (Wildman–Crippen LogP) is 4.25. The first-order valence-corrected chi connectivity index (χ1v) is 7.02. The molecule has 0 radical (unpaired) electrons. The number of rotatable bonds is 4. The molecule has 4 nitrogen and oxygen atoms in total. The van der Waals surface area contributed by atoms with Crippen molar-refractivity contribution >= 4 is 52.1 Å². The fourth-order valence-corrected chi connectivity index (χ4v) is 2.15. The third-order valence-corrected chi connectivity index (χ3v) is 3.55. The van der Waals surface area contributed by atoms with E-state index in [1.54, 1.807) is 24.3 Å². The predicted molar refractivity (Wildman–Crippen MR) is 86.5 cm³/mol. The molecule has 0 aliphatic carbocycles. The van der Waals surface area contributed by atoms with Gasteiger partial charge in [0.1, 0.15) is 5.75 Å². The highest BCUT2D eigenvalue weighted by Gasteiger charge is 2.10. The van der Waals surface area contributed by atoms with Gasteiger partial charge in [-0.15, -0.1) is 0 Å². The number of carbonyl (C=O) groups is 1. The molecule has 2 aromatic carbocycles. The van der Waals surface area contributed by atoms with Crippen LogP contribution >= 0.6 is 34.8 Å². The number of ether oxygens (including phenoxy) is 1. The lowest BCUT2D eigenvalue weighted by molar-refractivity contribution is -0.118. The van der Waals surface area contributed by atoms with Crippen LogP contribution in [0.15, 0.2) is 36.4 Å². The number of halogens is 3. The number of benzene rings is 2. The summed E-state index contributed by atoms with van der Waals surface area (Å²) in [5.74, 6) is 0.128. The average Bonchev–Trinajstić information content (AvgIpc) is 2.43. The van der Waals surface area contributed by atoms with Gasteiger partial charge < -0.3 is 15.8 Å². The molecule has 0 saturated heterocycles. The van der Waals surface area contributed by atoms with E-state index in [0.29, 0.717) is 32.2 Å². The largest absolute Gasteiger partial charge is 0.484 e. The lowest BCUT2D eigenvalue weighted by atomic mass is 10.3. The zero-order valence-corrected chi connectivity index (χ0v) is 13.0. The normalized spacial score (nSPS) is 10.2. The lowest BCUT2D eigenvalue weighted by Crippen LogP contribution is -2.20. The van der Waals surface area contributed by atoms with Gasteiger partial charge in [0.2, 0.25) is 0 Å². The van der Waals surface area contributed by atoms with Gasteiger partial charge in [0.25, 0.3) is 5.91 Å². The summed E-state index contributed by atoms with van der Waals surface area (Å²) in [4.78, 5) is 11.8. The number of nitrogens with one attached hydrogen (secondary N) is 1. The summed E-state index contributed by atoms with van der Waals surface area (Å²) in [5.41, 5.74) is 6.54. The van der Waals surface area contributed by atoms with Crippen molar-refractivity contribution in [3.8, 4) is 5.75 Å². The van der Waals surface area contributed by atoms with Gasteiger partial charge in [-0.1, -0.05) is 40.9 Å². The molecule has 0 aliphatic heterocycles. The Kier molecular flexibility index (Phi) is 5.17. The smallest absolute Gasteiger partial charge is 0.262 e. The number of anilines is 2. The van der Waals surface area contributed by atoms with Crippen molar-refractivity contribution in [1.29, 1.82) is 0 Å². The summed E-state index contributed by atoms with van der Waals surface area (Å²) in [7, 11) is 0. The average molecular weight is 346 g/mol. The highest BCUT2D eigenvalue weighted by atomic mass is 35.5. The first-order chi connectivity index (χ1) is 9.95. The van der Waals surface area contributed by atoms with Crippen molar-refractivity contribution < 1.29 is 9.53 Å². The zero-order chi connectivity index (χ0) is 15.4. The van der Waals surface area contributed by atoms with Gasteiger partial charge in [-0.3, -0.25) is 4.79 Å². The van der Waals surface area contributed by atoms with E-state index in [-0.39, 0.29) is 12.5 Å². The Bertz CT molecular complexity index is 677. The maximum atomic E-state index is 11.8. The van der Waals surface area contributed by atoms with Crippen LogP contribution in [0.4, 0.5) is 11.4 Å². The minimum absolute atomic E-state index is 0.181. The van der Waals surface area contributed by atoms with Crippen LogP contribution < -0.4 is 15.8 Å². The van der Waals surface area contributed by atoms with E-state index in [1.807, 2.05) is 0 Å². The summed E-state index contributed by atoms with van der Waals surface area (Å²) in [6.45, 7) is -0.181. The van der Waals surface area contributed by atoms with E-state index in [2.05, 4.69) is 5.32 Å². The van der Waals surface area contributed by atoms with Crippen LogP contribution in [0.3, 0.4) is 0 Å². The minimum Gasteiger partial charge on any atom is -0.484 e. The number of hydrogen-bond acceptors (Lipinski definition) is 3. The van der Waals surface area contributed by atoms with E-state index in [9.17, 15) is 4.79 Å². The van der Waals surface area contributed by atoms with Crippen molar-refractivity contribution in [3.63, 3.8) is 0 Å². The molecule has 0 unspecified atom stereocenters. The first kappa shape index (κ1) is 15.8. The van der Waals surface area contributed by atoms with Crippen LogP contribution in [0, 0.1) is 0 Å². The topological polar surface area (TPSA) is 64.3 Å². The van der Waals surface area contributed by atoms with Crippen molar-refractivity contribution in [3.05, 3.63) is 51.5 Å². The molecule has 2 rings (SSSR count). The number of hydrogen-bond donors (Lipinski definition) is 2. The molecule has 0 atom stereocenters. The van der Waals surface area contributed by atoms with E-state index in [4.69, 9.17) is 45.3 Å². The van der Waals surface area contributed by atoms with Crippen LogP contribution in [0.25, 0.3) is 0 Å². The molecule has 0 aliphatic rings. The Morgan fingerprint density at radius 2 is 1.81 bits per heavy atom. The standard InChI is InChI=1S/C14H11Cl3N2O2/c15-10-5-12(17)13(6-11(10)16)19-14(20)7-21-9-3-1-2-8(18)4-9/h1-6H,7,18H2,(H,19,20). The maximum Gasteiger partial charge on any atom is 0.262 e. The summed E-state index contributed by atoms with van der Waals surface area (Å²) < 4.78 is 5.32. The molecular weight excluding hydrogens is 335 g/mol. The van der Waals surface area contributed by atoms with Crippen LogP contribution in [-0.4, -0.2) is 12.5 Å². The molecular formula is C14H11Cl3N2O2. The van der Waals surface area contributed by atoms with Crippen molar-refractivity contribution in [1.82, 2.24) is 0 Å². The minimum atomic E-state index is -0.377. The van der Waals surface area contributed by atoms with E-state index in [0.717, 1.165) is 0 Å². The molecule has 0 saturated carbocycles. The number of nitrogen functional groups attached to an aromatic ring is 1. The third kappa shape index (κ3) is 4.43. The Hall–Kier alpha value is -1.62.